The molecule has 15 heavy (non-hydrogen) atoms. The highest BCUT2D eigenvalue weighted by Crippen LogP contribution is 2.12. The molecule has 0 radical (unpaired) electrons. The molecule has 84 valence electrons. The van der Waals surface area contributed by atoms with Gasteiger partial charge in [-0.3, -0.25) is 0 Å². The van der Waals surface area contributed by atoms with Gasteiger partial charge < -0.3 is 9.84 Å². The van der Waals surface area contributed by atoms with E-state index in [-0.39, 0.29) is 6.10 Å². The zero-order valence-corrected chi connectivity index (χ0v) is 9.79. The van der Waals surface area contributed by atoms with Crippen molar-refractivity contribution in [2.24, 2.45) is 0 Å². The summed E-state index contributed by atoms with van der Waals surface area (Å²) in [6, 6.07) is 6.33. The molecular weight excluding hydrogens is 188 g/mol. The first-order chi connectivity index (χ1) is 7.13. The number of aryl methyl sites for hydroxylation is 2. The highest BCUT2D eigenvalue weighted by Gasteiger charge is 2.05. The van der Waals surface area contributed by atoms with E-state index in [1.807, 2.05) is 0 Å². The number of benzene rings is 1. The van der Waals surface area contributed by atoms with Gasteiger partial charge in [-0.1, -0.05) is 18.2 Å². The molecule has 1 unspecified atom stereocenters. The summed E-state index contributed by atoms with van der Waals surface area (Å²) in [5.41, 5.74) is 3.78. The summed E-state index contributed by atoms with van der Waals surface area (Å²) < 4.78 is 4.93. The Balaban J connectivity index is 2.53. The van der Waals surface area contributed by atoms with Gasteiger partial charge in [0, 0.05) is 13.7 Å². The molecule has 1 aromatic rings. The Bertz CT molecular complexity index is 307. The smallest absolute Gasteiger partial charge is 0.0602 e. The Hall–Kier alpha value is -0.860. The van der Waals surface area contributed by atoms with Gasteiger partial charge in [-0.25, -0.2) is 0 Å². The second-order valence-electron chi connectivity index (χ2n) is 4.06. The predicted octanol–water partition coefficient (Wildman–Crippen LogP) is 2.24. The molecule has 1 aromatic carbocycles. The average molecular weight is 208 g/mol. The molecule has 0 fully saturated rings. The molecular formula is C13H20O2. The lowest BCUT2D eigenvalue weighted by atomic mass is 10.0. The third-order valence-corrected chi connectivity index (χ3v) is 2.70. The maximum Gasteiger partial charge on any atom is 0.0602 e. The zero-order chi connectivity index (χ0) is 11.3. The molecule has 0 spiro atoms. The molecule has 1 N–H and O–H groups in total. The number of methoxy groups -OCH3 is 1. The summed E-state index contributed by atoms with van der Waals surface area (Å²) >= 11 is 0. The number of aliphatic hydroxyl groups is 1. The van der Waals surface area contributed by atoms with E-state index in [1.165, 1.54) is 16.7 Å². The fourth-order valence-corrected chi connectivity index (χ4v) is 1.56. The number of rotatable bonds is 5. The van der Waals surface area contributed by atoms with Crippen LogP contribution in [0.4, 0.5) is 0 Å². The number of ether oxygens (including phenoxy) is 1. The second-order valence-corrected chi connectivity index (χ2v) is 4.06. The first-order valence-electron chi connectivity index (χ1n) is 5.36. The van der Waals surface area contributed by atoms with E-state index < -0.39 is 0 Å². The van der Waals surface area contributed by atoms with Crippen LogP contribution in [0.15, 0.2) is 18.2 Å². The van der Waals surface area contributed by atoms with Crippen molar-refractivity contribution in [2.75, 3.05) is 13.7 Å². The summed E-state index contributed by atoms with van der Waals surface area (Å²) in [7, 11) is 1.66. The monoisotopic (exact) mass is 208 g/mol. The Kier molecular flexibility index (Phi) is 4.79. The lowest BCUT2D eigenvalue weighted by Gasteiger charge is -2.11. The van der Waals surface area contributed by atoms with Gasteiger partial charge in [0.1, 0.15) is 0 Å². The van der Waals surface area contributed by atoms with Crippen LogP contribution in [-0.2, 0) is 11.2 Å². The Labute approximate surface area is 91.9 Å². The standard InChI is InChI=1S/C13H20O2/c1-10-4-5-12(8-11(10)2)9-13(14)6-7-15-3/h4-5,8,13-14H,6-7,9H2,1-3H3. The minimum absolute atomic E-state index is 0.299. The molecule has 0 aliphatic rings. The SMILES string of the molecule is COCCC(O)Cc1ccc(C)c(C)c1. The minimum atomic E-state index is -0.299. The first kappa shape index (κ1) is 12.2. The van der Waals surface area contributed by atoms with Gasteiger partial charge in [0.2, 0.25) is 0 Å². The molecule has 0 aromatic heterocycles. The van der Waals surface area contributed by atoms with Crippen LogP contribution >= 0.6 is 0 Å². The quantitative estimate of drug-likeness (QED) is 0.804. The van der Waals surface area contributed by atoms with Crippen LogP contribution in [0.25, 0.3) is 0 Å². The van der Waals surface area contributed by atoms with Crippen molar-refractivity contribution in [3.8, 4) is 0 Å². The molecule has 0 saturated carbocycles. The van der Waals surface area contributed by atoms with E-state index in [4.69, 9.17) is 4.74 Å². The van der Waals surface area contributed by atoms with E-state index >= 15 is 0 Å². The molecule has 1 atom stereocenters. The number of hydrogen-bond acceptors (Lipinski definition) is 2. The van der Waals surface area contributed by atoms with Crippen LogP contribution < -0.4 is 0 Å². The first-order valence-corrected chi connectivity index (χ1v) is 5.36. The lowest BCUT2D eigenvalue weighted by molar-refractivity contribution is 0.110. The van der Waals surface area contributed by atoms with Crippen LogP contribution in [0.3, 0.4) is 0 Å². The molecule has 0 heterocycles. The van der Waals surface area contributed by atoms with Gasteiger partial charge in [0.05, 0.1) is 6.10 Å². The second kappa shape index (κ2) is 5.89. The van der Waals surface area contributed by atoms with Crippen molar-refractivity contribution in [2.45, 2.75) is 32.8 Å². The molecule has 2 heteroatoms. The van der Waals surface area contributed by atoms with Crippen LogP contribution in [0.1, 0.15) is 23.1 Å². The van der Waals surface area contributed by atoms with Crippen molar-refractivity contribution in [3.63, 3.8) is 0 Å². The molecule has 2 nitrogen and oxygen atoms in total. The fraction of sp³-hybridized carbons (Fsp3) is 0.538. The lowest BCUT2D eigenvalue weighted by Crippen LogP contribution is -2.13. The fourth-order valence-electron chi connectivity index (χ4n) is 1.56. The predicted molar refractivity (Wildman–Crippen MR) is 62.1 cm³/mol. The van der Waals surface area contributed by atoms with E-state index in [1.54, 1.807) is 7.11 Å². The Morgan fingerprint density at radius 1 is 1.27 bits per heavy atom. The molecule has 0 aliphatic heterocycles. The van der Waals surface area contributed by atoms with Crippen LogP contribution in [0.5, 0.6) is 0 Å². The molecule has 0 bridgehead atoms. The summed E-state index contributed by atoms with van der Waals surface area (Å²) in [5.74, 6) is 0. The molecule has 1 rings (SSSR count). The van der Waals surface area contributed by atoms with E-state index in [9.17, 15) is 5.11 Å². The maximum absolute atomic E-state index is 9.71. The van der Waals surface area contributed by atoms with E-state index in [0.717, 1.165) is 0 Å². The zero-order valence-electron chi connectivity index (χ0n) is 9.79. The summed E-state index contributed by atoms with van der Waals surface area (Å²) in [6.45, 7) is 4.81. The van der Waals surface area contributed by atoms with E-state index in [0.29, 0.717) is 19.4 Å². The van der Waals surface area contributed by atoms with Crippen molar-refractivity contribution >= 4 is 0 Å². The third kappa shape index (κ3) is 4.02. The largest absolute Gasteiger partial charge is 0.393 e. The van der Waals surface area contributed by atoms with Gasteiger partial charge >= 0.3 is 0 Å². The van der Waals surface area contributed by atoms with Crippen LogP contribution in [0.2, 0.25) is 0 Å². The van der Waals surface area contributed by atoms with Gasteiger partial charge in [-0.15, -0.1) is 0 Å². The highest BCUT2D eigenvalue weighted by molar-refractivity contribution is 5.30. The van der Waals surface area contributed by atoms with Crippen molar-refractivity contribution in [3.05, 3.63) is 34.9 Å². The van der Waals surface area contributed by atoms with Crippen molar-refractivity contribution < 1.29 is 9.84 Å². The third-order valence-electron chi connectivity index (χ3n) is 2.70. The van der Waals surface area contributed by atoms with Crippen LogP contribution in [-0.4, -0.2) is 24.9 Å². The number of hydrogen-bond donors (Lipinski definition) is 1. The minimum Gasteiger partial charge on any atom is -0.393 e. The Morgan fingerprint density at radius 2 is 2.00 bits per heavy atom. The highest BCUT2D eigenvalue weighted by atomic mass is 16.5. The summed E-state index contributed by atoms with van der Waals surface area (Å²) in [5, 5.41) is 9.71. The average Bonchev–Trinajstić information content (AvgIpc) is 2.20. The van der Waals surface area contributed by atoms with Gasteiger partial charge in [0.15, 0.2) is 0 Å². The molecule has 0 aliphatic carbocycles. The van der Waals surface area contributed by atoms with Crippen LogP contribution in [0, 0.1) is 13.8 Å². The van der Waals surface area contributed by atoms with Gasteiger partial charge in [-0.2, -0.15) is 0 Å². The molecule has 0 saturated heterocycles. The van der Waals surface area contributed by atoms with E-state index in [2.05, 4.69) is 32.0 Å². The Morgan fingerprint density at radius 3 is 2.60 bits per heavy atom. The number of aliphatic hydroxyl groups excluding tert-OH is 1. The van der Waals surface area contributed by atoms with Crippen molar-refractivity contribution in [1.82, 2.24) is 0 Å². The summed E-state index contributed by atoms with van der Waals surface area (Å²) in [6.07, 6.45) is 1.11. The summed E-state index contributed by atoms with van der Waals surface area (Å²) in [4.78, 5) is 0. The van der Waals surface area contributed by atoms with Gasteiger partial charge in [-0.05, 0) is 43.4 Å². The van der Waals surface area contributed by atoms with Gasteiger partial charge in [0.25, 0.3) is 0 Å². The molecule has 0 amide bonds. The topological polar surface area (TPSA) is 29.5 Å². The van der Waals surface area contributed by atoms with Crippen molar-refractivity contribution in [1.29, 1.82) is 0 Å². The normalized spacial score (nSPS) is 12.8. The maximum atomic E-state index is 9.71.